The fourth-order valence-corrected chi connectivity index (χ4v) is 5.19. The Morgan fingerprint density at radius 3 is 2.68 bits per heavy atom. The van der Waals surface area contributed by atoms with Gasteiger partial charge in [0.1, 0.15) is 0 Å². The van der Waals surface area contributed by atoms with Gasteiger partial charge in [0.2, 0.25) is 10.0 Å². The van der Waals surface area contributed by atoms with Gasteiger partial charge in [-0.3, -0.25) is 4.79 Å². The van der Waals surface area contributed by atoms with Gasteiger partial charge in [0.25, 0.3) is 0 Å². The molecule has 0 spiro atoms. The summed E-state index contributed by atoms with van der Waals surface area (Å²) in [4.78, 5) is 11.6. The van der Waals surface area contributed by atoms with Crippen LogP contribution in [0, 0.1) is 5.41 Å². The van der Waals surface area contributed by atoms with E-state index in [0.29, 0.717) is 12.2 Å². The summed E-state index contributed by atoms with van der Waals surface area (Å²) >= 11 is 0. The number of aliphatic hydroxyl groups excluding tert-OH is 1. The van der Waals surface area contributed by atoms with Crippen molar-refractivity contribution in [2.75, 3.05) is 13.2 Å². The molecule has 7 heteroatoms. The number of hydrogen-bond acceptors (Lipinski definition) is 5. The Balaban J connectivity index is 1.90. The van der Waals surface area contributed by atoms with Crippen LogP contribution in [0.3, 0.4) is 0 Å². The smallest absolute Gasteiger partial charge is 0.240 e. The molecule has 25 heavy (non-hydrogen) atoms. The minimum Gasteiger partial charge on any atom is -0.396 e. The second-order valence-electron chi connectivity index (χ2n) is 7.11. The maximum Gasteiger partial charge on any atom is 0.240 e. The van der Waals surface area contributed by atoms with Crippen molar-refractivity contribution in [3.05, 3.63) is 29.8 Å². The first kappa shape index (κ1) is 18.5. The minimum atomic E-state index is -3.82. The number of nitrogens with one attached hydrogen (secondary N) is 1. The van der Waals surface area contributed by atoms with E-state index >= 15 is 0 Å². The van der Waals surface area contributed by atoms with E-state index in [1.807, 2.05) is 0 Å². The summed E-state index contributed by atoms with van der Waals surface area (Å²) in [5.41, 5.74) is -0.0997. The first-order valence-electron chi connectivity index (χ1n) is 8.74. The molecule has 3 rings (SSSR count). The van der Waals surface area contributed by atoms with E-state index in [9.17, 15) is 18.3 Å². The molecule has 1 saturated heterocycles. The summed E-state index contributed by atoms with van der Waals surface area (Å²) in [6, 6.07) is 5.58. The maximum absolute atomic E-state index is 12.9. The number of sulfonamides is 1. The molecule has 1 heterocycles. The van der Waals surface area contributed by atoms with Gasteiger partial charge in [0.15, 0.2) is 5.78 Å². The van der Waals surface area contributed by atoms with Crippen molar-refractivity contribution in [1.82, 2.24) is 4.72 Å². The van der Waals surface area contributed by atoms with Gasteiger partial charge in [-0.05, 0) is 44.7 Å². The Labute approximate surface area is 148 Å². The van der Waals surface area contributed by atoms with Crippen LogP contribution < -0.4 is 4.72 Å². The van der Waals surface area contributed by atoms with Crippen LogP contribution in [-0.2, 0) is 14.8 Å². The Morgan fingerprint density at radius 2 is 2.16 bits per heavy atom. The van der Waals surface area contributed by atoms with Gasteiger partial charge in [-0.25, -0.2) is 13.1 Å². The fraction of sp³-hybridized carbons (Fsp3) is 0.611. The number of carbonyl (C=O) groups excluding carboxylic acids is 1. The maximum atomic E-state index is 12.9. The Kier molecular flexibility index (Phi) is 5.29. The molecular formula is C18H25NO5S. The minimum absolute atomic E-state index is 0.0620. The zero-order chi connectivity index (χ0) is 18.1. The molecule has 1 aliphatic heterocycles. The molecule has 2 fully saturated rings. The number of ketones is 1. The number of rotatable bonds is 7. The third-order valence-electron chi connectivity index (χ3n) is 5.49. The van der Waals surface area contributed by atoms with E-state index in [2.05, 4.69) is 4.72 Å². The average Bonchev–Trinajstić information content (AvgIpc) is 3.07. The van der Waals surface area contributed by atoms with E-state index in [0.717, 1.165) is 32.1 Å². The van der Waals surface area contributed by atoms with Crippen LogP contribution >= 0.6 is 0 Å². The highest BCUT2D eigenvalue weighted by Crippen LogP contribution is 2.46. The van der Waals surface area contributed by atoms with Crippen molar-refractivity contribution in [2.45, 2.75) is 56.1 Å². The molecule has 6 nitrogen and oxygen atoms in total. The van der Waals surface area contributed by atoms with E-state index in [-0.39, 0.29) is 23.4 Å². The van der Waals surface area contributed by atoms with Crippen molar-refractivity contribution < 1.29 is 23.1 Å². The molecule has 1 aliphatic carbocycles. The monoisotopic (exact) mass is 367 g/mol. The van der Waals surface area contributed by atoms with E-state index in [1.165, 1.54) is 19.1 Å². The topological polar surface area (TPSA) is 92.7 Å². The van der Waals surface area contributed by atoms with Crippen molar-refractivity contribution in [2.24, 2.45) is 5.41 Å². The molecule has 2 aliphatic rings. The van der Waals surface area contributed by atoms with Crippen LogP contribution in [0.15, 0.2) is 29.2 Å². The van der Waals surface area contributed by atoms with Crippen LogP contribution in [0.4, 0.5) is 0 Å². The first-order chi connectivity index (χ1) is 11.9. The fourth-order valence-electron chi connectivity index (χ4n) is 3.78. The van der Waals surface area contributed by atoms with Crippen molar-refractivity contribution in [1.29, 1.82) is 0 Å². The molecule has 2 atom stereocenters. The van der Waals surface area contributed by atoms with E-state index in [4.69, 9.17) is 4.74 Å². The predicted molar refractivity (Wildman–Crippen MR) is 92.9 cm³/mol. The summed E-state index contributed by atoms with van der Waals surface area (Å²) in [7, 11) is -3.82. The number of benzene rings is 1. The number of ether oxygens (including phenoxy) is 1. The quantitative estimate of drug-likeness (QED) is 0.718. The summed E-state index contributed by atoms with van der Waals surface area (Å²) in [5, 5.41) is 9.92. The Hall–Kier alpha value is -1.28. The van der Waals surface area contributed by atoms with Gasteiger partial charge in [0, 0.05) is 17.6 Å². The third-order valence-corrected chi connectivity index (χ3v) is 6.93. The second-order valence-corrected chi connectivity index (χ2v) is 8.82. The Morgan fingerprint density at radius 1 is 1.40 bits per heavy atom. The van der Waals surface area contributed by atoms with Gasteiger partial charge in [-0.2, -0.15) is 0 Å². The lowest BCUT2D eigenvalue weighted by molar-refractivity contribution is -0.0429. The van der Waals surface area contributed by atoms with Crippen LogP contribution in [0.25, 0.3) is 0 Å². The normalized spacial score (nSPS) is 23.8. The molecule has 1 aromatic rings. The standard InChI is InChI=1S/C18H25NO5S/c1-13(21)14-5-2-6-15(11-14)25(22,23)19-17(16-7-3-10-24-16)18(12-20)8-4-9-18/h2,5-6,11,16-17,19-20H,3-4,7-10,12H2,1H3. The zero-order valence-corrected chi connectivity index (χ0v) is 15.2. The van der Waals surface area contributed by atoms with E-state index < -0.39 is 21.5 Å². The summed E-state index contributed by atoms with van der Waals surface area (Å²) in [6.07, 6.45) is 3.99. The third kappa shape index (κ3) is 3.65. The number of carbonyl (C=O) groups is 1. The molecule has 0 aromatic heterocycles. The second kappa shape index (κ2) is 7.15. The van der Waals surface area contributed by atoms with E-state index in [1.54, 1.807) is 12.1 Å². The molecule has 2 unspecified atom stereocenters. The molecule has 0 amide bonds. The average molecular weight is 367 g/mol. The van der Waals surface area contributed by atoms with Gasteiger partial charge in [-0.1, -0.05) is 18.6 Å². The van der Waals surface area contributed by atoms with Crippen LogP contribution in [-0.4, -0.2) is 44.7 Å². The van der Waals surface area contributed by atoms with Crippen molar-refractivity contribution in [3.63, 3.8) is 0 Å². The lowest BCUT2D eigenvalue weighted by atomic mass is 9.63. The summed E-state index contributed by atoms with van der Waals surface area (Å²) < 4.78 is 34.4. The zero-order valence-electron chi connectivity index (χ0n) is 14.4. The molecule has 0 radical (unpaired) electrons. The lowest BCUT2D eigenvalue weighted by Crippen LogP contribution is -2.58. The number of hydrogen-bond donors (Lipinski definition) is 2. The molecular weight excluding hydrogens is 342 g/mol. The largest absolute Gasteiger partial charge is 0.396 e. The van der Waals surface area contributed by atoms with Crippen LogP contribution in [0.1, 0.15) is 49.4 Å². The van der Waals surface area contributed by atoms with Crippen LogP contribution in [0.2, 0.25) is 0 Å². The highest BCUT2D eigenvalue weighted by atomic mass is 32.2. The lowest BCUT2D eigenvalue weighted by Gasteiger charge is -2.48. The SMILES string of the molecule is CC(=O)c1cccc(S(=O)(=O)NC(C2CCCO2)C2(CO)CCC2)c1. The van der Waals surface area contributed by atoms with Gasteiger partial charge < -0.3 is 9.84 Å². The summed E-state index contributed by atoms with van der Waals surface area (Å²) in [5.74, 6) is -0.182. The van der Waals surface area contributed by atoms with Gasteiger partial charge in [0.05, 0.1) is 23.6 Å². The van der Waals surface area contributed by atoms with Crippen molar-refractivity contribution >= 4 is 15.8 Å². The van der Waals surface area contributed by atoms with Crippen LogP contribution in [0.5, 0.6) is 0 Å². The molecule has 1 saturated carbocycles. The summed E-state index contributed by atoms with van der Waals surface area (Å²) in [6.45, 7) is 1.96. The van der Waals surface area contributed by atoms with Gasteiger partial charge >= 0.3 is 0 Å². The molecule has 138 valence electrons. The Bertz CT molecular complexity index is 730. The first-order valence-corrected chi connectivity index (χ1v) is 10.2. The molecule has 0 bridgehead atoms. The highest BCUT2D eigenvalue weighted by Gasteiger charge is 2.49. The number of Topliss-reactive ketones (excluding diaryl/α,β-unsaturated/α-hetero) is 1. The number of aliphatic hydroxyl groups is 1. The highest BCUT2D eigenvalue weighted by molar-refractivity contribution is 7.89. The predicted octanol–water partition coefficient (Wildman–Crippen LogP) is 1.88. The van der Waals surface area contributed by atoms with Crippen molar-refractivity contribution in [3.8, 4) is 0 Å². The molecule has 1 aromatic carbocycles. The molecule has 2 N–H and O–H groups in total. The van der Waals surface area contributed by atoms with Gasteiger partial charge in [-0.15, -0.1) is 0 Å².